The van der Waals surface area contributed by atoms with Gasteiger partial charge in [0, 0.05) is 61.2 Å². The molecule has 1 N–H and O–H groups in total. The summed E-state index contributed by atoms with van der Waals surface area (Å²) in [6, 6.07) is 7.39. The van der Waals surface area contributed by atoms with Gasteiger partial charge < -0.3 is 29.3 Å². The number of fused-ring (bicyclic) bond motifs is 5. The van der Waals surface area contributed by atoms with Crippen molar-refractivity contribution in [1.29, 1.82) is 5.26 Å². The number of benzene rings is 2. The highest BCUT2D eigenvalue weighted by Crippen LogP contribution is 2.51. The third-order valence-electron chi connectivity index (χ3n) is 13.2. The Balaban J connectivity index is 1.06. The van der Waals surface area contributed by atoms with Crippen molar-refractivity contribution in [3.8, 4) is 47.3 Å². The van der Waals surface area contributed by atoms with Gasteiger partial charge in [0.15, 0.2) is 5.82 Å². The van der Waals surface area contributed by atoms with Crippen LogP contribution in [-0.2, 0) is 4.79 Å². The molecule has 5 heterocycles. The van der Waals surface area contributed by atoms with Crippen molar-refractivity contribution < 1.29 is 28.2 Å². The van der Waals surface area contributed by atoms with Crippen LogP contribution in [0, 0.1) is 64.4 Å². The van der Waals surface area contributed by atoms with Gasteiger partial charge in [0.2, 0.25) is 11.8 Å². The van der Waals surface area contributed by atoms with E-state index >= 15 is 8.78 Å². The van der Waals surface area contributed by atoms with E-state index in [0.29, 0.717) is 43.2 Å². The number of piperidine rings is 1. The Labute approximate surface area is 323 Å². The Morgan fingerprint density at radius 1 is 1.05 bits per heavy atom. The van der Waals surface area contributed by atoms with Crippen LogP contribution in [0.25, 0.3) is 32.9 Å². The van der Waals surface area contributed by atoms with Gasteiger partial charge in [-0.2, -0.15) is 15.2 Å². The number of halogens is 2. The minimum absolute atomic E-state index is 0.0112. The summed E-state index contributed by atoms with van der Waals surface area (Å²) >= 11 is 0. The van der Waals surface area contributed by atoms with Crippen LogP contribution in [0.5, 0.6) is 17.6 Å². The summed E-state index contributed by atoms with van der Waals surface area (Å²) in [5.41, 5.74) is -0.363. The fraction of sp³-hybridized carbons (Fsp3) is 0.512. The van der Waals surface area contributed by atoms with Crippen molar-refractivity contribution >= 4 is 33.4 Å². The molecule has 13 heteroatoms. The number of phenolic OH excluding ortho intramolecular Hbond substituents is 1. The number of nitriles is 1. The first-order valence-electron chi connectivity index (χ1n) is 19.8. The van der Waals surface area contributed by atoms with E-state index in [1.165, 1.54) is 37.8 Å². The molecule has 0 spiro atoms. The minimum Gasteiger partial charge on any atom is -0.508 e. The molecule has 4 aromatic rings. The number of phenols is 1. The van der Waals surface area contributed by atoms with Crippen molar-refractivity contribution in [1.82, 2.24) is 24.8 Å². The predicted molar refractivity (Wildman–Crippen MR) is 204 cm³/mol. The lowest BCUT2D eigenvalue weighted by atomic mass is 9.95. The van der Waals surface area contributed by atoms with Crippen LogP contribution < -0.4 is 14.4 Å². The van der Waals surface area contributed by atoms with Gasteiger partial charge >= 0.3 is 6.01 Å². The Kier molecular flexibility index (Phi) is 8.26. The predicted octanol–water partition coefficient (Wildman–Crippen LogP) is 6.05. The number of anilines is 1. The molecule has 3 aliphatic carbocycles. The first-order chi connectivity index (χ1) is 27.2. The molecule has 2 aromatic heterocycles. The first-order valence-corrected chi connectivity index (χ1v) is 19.8. The number of nitrogens with zero attached hydrogens (tertiary/aromatic N) is 7. The van der Waals surface area contributed by atoms with E-state index in [9.17, 15) is 15.2 Å². The number of amides is 1. The van der Waals surface area contributed by atoms with Crippen molar-refractivity contribution in [2.24, 2.45) is 29.1 Å². The Bertz CT molecular complexity index is 2360. The standard InChI is InChI=1S/C43H43F2N7O4/c1-3-31-33(44)9-6-24-14-30(53)15-32(34(24)31)37-36(45)38-35(40(47-37)55-2)39(49-42(48-38)56-22-43(10-11-43)21-50-17-26-13-27(26)18-50)51-19-28-7-8-29(20-51)52(28)41(54)25(16-46)12-23-4-5-23/h1,6,9,14-15,23,25-29,53H,4-5,7-8,10-13,17-22H2,2H3. The molecule has 10 rings (SSSR count). The molecule has 56 heavy (non-hydrogen) atoms. The van der Waals surface area contributed by atoms with E-state index in [2.05, 4.69) is 26.9 Å². The zero-order chi connectivity index (χ0) is 38.5. The smallest absolute Gasteiger partial charge is 0.319 e. The molecule has 2 bridgehead atoms. The third kappa shape index (κ3) is 6.03. The van der Waals surface area contributed by atoms with Crippen LogP contribution in [0.15, 0.2) is 24.3 Å². The van der Waals surface area contributed by atoms with Gasteiger partial charge in [-0.25, -0.2) is 13.8 Å². The summed E-state index contributed by atoms with van der Waals surface area (Å²) in [4.78, 5) is 34.6. The fourth-order valence-corrected chi connectivity index (χ4v) is 9.83. The summed E-state index contributed by atoms with van der Waals surface area (Å²) in [6.45, 7) is 4.40. The Morgan fingerprint density at radius 2 is 1.80 bits per heavy atom. The number of pyridine rings is 1. The van der Waals surface area contributed by atoms with Gasteiger partial charge in [-0.3, -0.25) is 4.79 Å². The average molecular weight is 760 g/mol. The van der Waals surface area contributed by atoms with E-state index in [1.807, 2.05) is 9.80 Å². The number of hydrogen-bond acceptors (Lipinski definition) is 10. The normalized spacial score (nSPS) is 25.2. The van der Waals surface area contributed by atoms with Crippen molar-refractivity contribution in [2.75, 3.05) is 51.3 Å². The molecule has 2 aromatic carbocycles. The molecule has 3 saturated heterocycles. The number of methoxy groups -OCH3 is 1. The van der Waals surface area contributed by atoms with Crippen molar-refractivity contribution in [3.63, 3.8) is 0 Å². The average Bonchev–Trinajstić information content (AvgIpc) is 4.16. The lowest BCUT2D eigenvalue weighted by Crippen LogP contribution is -2.57. The first kappa shape index (κ1) is 35.2. The maximum Gasteiger partial charge on any atom is 0.319 e. The number of rotatable bonds is 11. The maximum atomic E-state index is 17.4. The summed E-state index contributed by atoms with van der Waals surface area (Å²) in [5, 5.41) is 21.5. The van der Waals surface area contributed by atoms with Gasteiger partial charge in [-0.15, -0.1) is 6.42 Å². The number of carbonyl (C=O) groups is 1. The number of ether oxygens (including phenoxy) is 2. The fourth-order valence-electron chi connectivity index (χ4n) is 9.83. The zero-order valence-corrected chi connectivity index (χ0v) is 31.3. The second-order valence-electron chi connectivity index (χ2n) is 17.1. The number of carbonyl (C=O) groups excluding carboxylic acids is 1. The molecule has 288 valence electrons. The van der Waals surface area contributed by atoms with E-state index < -0.39 is 17.6 Å². The highest BCUT2D eigenvalue weighted by molar-refractivity contribution is 6.04. The highest BCUT2D eigenvalue weighted by atomic mass is 19.1. The molecule has 3 saturated carbocycles. The van der Waals surface area contributed by atoms with Crippen LogP contribution in [0.2, 0.25) is 0 Å². The molecule has 0 radical (unpaired) electrons. The van der Waals surface area contributed by atoms with E-state index in [1.54, 1.807) is 0 Å². The number of aromatic hydroxyl groups is 1. The molecule has 6 aliphatic rings. The number of likely N-dealkylation sites (tertiary alicyclic amines) is 1. The van der Waals surface area contributed by atoms with Crippen LogP contribution in [0.1, 0.15) is 56.9 Å². The molecule has 6 fully saturated rings. The maximum absolute atomic E-state index is 17.4. The van der Waals surface area contributed by atoms with Crippen molar-refractivity contribution in [2.45, 2.75) is 63.5 Å². The Morgan fingerprint density at radius 3 is 2.46 bits per heavy atom. The van der Waals surface area contributed by atoms with E-state index in [4.69, 9.17) is 20.9 Å². The van der Waals surface area contributed by atoms with Gasteiger partial charge in [0.25, 0.3) is 0 Å². The van der Waals surface area contributed by atoms with Gasteiger partial charge in [0.05, 0.1) is 25.3 Å². The lowest BCUT2D eigenvalue weighted by Gasteiger charge is -2.42. The number of aromatic nitrogens is 3. The number of hydrogen-bond donors (Lipinski definition) is 1. The molecule has 3 aliphatic heterocycles. The number of piperazine rings is 1. The molecule has 5 unspecified atom stereocenters. The molecular weight excluding hydrogens is 717 g/mol. The summed E-state index contributed by atoms with van der Waals surface area (Å²) in [5.74, 6) is 2.44. The summed E-state index contributed by atoms with van der Waals surface area (Å²) in [6.07, 6.45) is 13.4. The quantitative estimate of drug-likeness (QED) is 0.181. The van der Waals surface area contributed by atoms with Gasteiger partial charge in [-0.1, -0.05) is 24.8 Å². The second-order valence-corrected chi connectivity index (χ2v) is 17.1. The monoisotopic (exact) mass is 759 g/mol. The van der Waals surface area contributed by atoms with Crippen molar-refractivity contribution in [3.05, 3.63) is 41.5 Å². The summed E-state index contributed by atoms with van der Waals surface area (Å²) < 4.78 is 44.8. The minimum atomic E-state index is -0.834. The van der Waals surface area contributed by atoms with Crippen LogP contribution >= 0.6 is 0 Å². The molecule has 5 atom stereocenters. The zero-order valence-electron chi connectivity index (χ0n) is 31.3. The van der Waals surface area contributed by atoms with Crippen LogP contribution in [0.4, 0.5) is 14.6 Å². The highest BCUT2D eigenvalue weighted by Gasteiger charge is 2.51. The number of terminal acetylenes is 1. The van der Waals surface area contributed by atoms with E-state index in [-0.39, 0.29) is 74.2 Å². The summed E-state index contributed by atoms with van der Waals surface area (Å²) in [7, 11) is 1.42. The third-order valence-corrected chi connectivity index (χ3v) is 13.2. The lowest BCUT2D eigenvalue weighted by molar-refractivity contribution is -0.137. The van der Waals surface area contributed by atoms with Gasteiger partial charge in [0.1, 0.15) is 39.9 Å². The largest absolute Gasteiger partial charge is 0.508 e. The topological polar surface area (TPSA) is 128 Å². The molecular formula is C43H43F2N7O4. The SMILES string of the molecule is C#Cc1c(F)ccc2cc(O)cc(-c3nc(OC)c4c(N5CC6CCC(C5)N6C(=O)C(C#N)CC5CC5)nc(OCC5(CN6CC7CC7C6)CC5)nc4c3F)c12. The van der Waals surface area contributed by atoms with E-state index in [0.717, 1.165) is 70.0 Å². The molecule has 1 amide bonds. The molecule has 11 nitrogen and oxygen atoms in total. The van der Waals surface area contributed by atoms with Crippen LogP contribution in [0.3, 0.4) is 0 Å². The Hall–Kier alpha value is -5.27. The van der Waals surface area contributed by atoms with Crippen LogP contribution in [-0.4, -0.2) is 94.3 Å². The van der Waals surface area contributed by atoms with Gasteiger partial charge in [-0.05, 0) is 79.9 Å². The second kappa shape index (κ2) is 13.2.